The van der Waals surface area contributed by atoms with Crippen molar-refractivity contribution in [2.75, 3.05) is 36.5 Å². The maximum Gasteiger partial charge on any atom is 0.236 e. The molecule has 1 aromatic rings. The first-order valence-corrected chi connectivity index (χ1v) is 7.73. The monoisotopic (exact) mass is 287 g/mol. The molecule has 3 rings (SSSR count). The molecule has 2 heterocycles. The van der Waals surface area contributed by atoms with Crippen LogP contribution in [0, 0.1) is 11.3 Å². The molecule has 6 heteroatoms. The predicted octanol–water partition coefficient (Wildman–Crippen LogP) is 1.93. The molecule has 1 saturated carbocycles. The fraction of sp³-hybridized carbons (Fsp3) is 0.667. The van der Waals surface area contributed by atoms with Gasteiger partial charge in [-0.1, -0.05) is 19.3 Å². The van der Waals surface area contributed by atoms with E-state index in [9.17, 15) is 0 Å². The van der Waals surface area contributed by atoms with Gasteiger partial charge in [0.2, 0.25) is 5.82 Å². The van der Waals surface area contributed by atoms with Crippen molar-refractivity contribution < 1.29 is 4.74 Å². The summed E-state index contributed by atoms with van der Waals surface area (Å²) in [5, 5.41) is 12.6. The van der Waals surface area contributed by atoms with E-state index in [1.807, 2.05) is 6.07 Å². The summed E-state index contributed by atoms with van der Waals surface area (Å²) in [5.74, 6) is 1.83. The van der Waals surface area contributed by atoms with Crippen molar-refractivity contribution in [3.05, 3.63) is 11.9 Å². The van der Waals surface area contributed by atoms with Crippen LogP contribution < -0.4 is 10.2 Å². The van der Waals surface area contributed by atoms with Gasteiger partial charge in [0.05, 0.1) is 13.2 Å². The van der Waals surface area contributed by atoms with Crippen LogP contribution in [0.5, 0.6) is 0 Å². The van der Waals surface area contributed by atoms with Gasteiger partial charge in [0.15, 0.2) is 0 Å². The summed E-state index contributed by atoms with van der Waals surface area (Å²) in [6.07, 6.45) is 6.22. The highest BCUT2D eigenvalue weighted by Gasteiger charge is 2.17. The first kappa shape index (κ1) is 14.1. The maximum atomic E-state index is 9.14. The van der Waals surface area contributed by atoms with Crippen molar-refractivity contribution in [1.29, 1.82) is 5.26 Å². The number of ether oxygens (including phenoxy) is 1. The molecule has 0 amide bonds. The molecule has 0 radical (unpaired) electrons. The Morgan fingerprint density at radius 2 is 1.95 bits per heavy atom. The summed E-state index contributed by atoms with van der Waals surface area (Å²) in [5.41, 5.74) is 0. The zero-order valence-corrected chi connectivity index (χ0v) is 12.2. The highest BCUT2D eigenvalue weighted by Crippen LogP contribution is 2.23. The smallest absolute Gasteiger partial charge is 0.236 e. The molecule has 1 aliphatic carbocycles. The third-order valence-electron chi connectivity index (χ3n) is 4.10. The second kappa shape index (κ2) is 6.72. The molecular weight excluding hydrogens is 266 g/mol. The Balaban J connectivity index is 1.77. The number of nitrogens with one attached hydrogen (secondary N) is 1. The Kier molecular flexibility index (Phi) is 4.51. The van der Waals surface area contributed by atoms with Gasteiger partial charge in [0.25, 0.3) is 0 Å². The summed E-state index contributed by atoms with van der Waals surface area (Å²) < 4.78 is 5.36. The van der Waals surface area contributed by atoms with Gasteiger partial charge in [-0.3, -0.25) is 0 Å². The second-order valence-electron chi connectivity index (χ2n) is 5.63. The lowest BCUT2D eigenvalue weighted by Gasteiger charge is -2.28. The number of nitrogens with zero attached hydrogens (tertiary/aromatic N) is 4. The van der Waals surface area contributed by atoms with Crippen LogP contribution in [0.4, 0.5) is 11.6 Å². The van der Waals surface area contributed by atoms with Crippen LogP contribution in [0.1, 0.15) is 37.9 Å². The number of hydrogen-bond acceptors (Lipinski definition) is 6. The minimum Gasteiger partial charge on any atom is -0.378 e. The largest absolute Gasteiger partial charge is 0.378 e. The number of rotatable bonds is 3. The topological polar surface area (TPSA) is 74.1 Å². The van der Waals surface area contributed by atoms with Gasteiger partial charge in [-0.2, -0.15) is 5.26 Å². The summed E-state index contributed by atoms with van der Waals surface area (Å²) >= 11 is 0. The van der Waals surface area contributed by atoms with E-state index in [1.54, 1.807) is 0 Å². The summed E-state index contributed by atoms with van der Waals surface area (Å²) in [4.78, 5) is 10.8. The normalized spacial score (nSPS) is 20.0. The lowest BCUT2D eigenvalue weighted by molar-refractivity contribution is 0.122. The summed E-state index contributed by atoms with van der Waals surface area (Å²) in [6.45, 7) is 3.03. The van der Waals surface area contributed by atoms with Gasteiger partial charge in [0, 0.05) is 25.2 Å². The molecule has 1 aliphatic heterocycles. The van der Waals surface area contributed by atoms with Crippen molar-refractivity contribution in [2.24, 2.45) is 0 Å². The van der Waals surface area contributed by atoms with Gasteiger partial charge in [-0.15, -0.1) is 0 Å². The number of hydrogen-bond donors (Lipinski definition) is 1. The Hall–Kier alpha value is -1.87. The lowest BCUT2D eigenvalue weighted by atomic mass is 9.95. The Morgan fingerprint density at radius 3 is 2.67 bits per heavy atom. The number of morpholine rings is 1. The fourth-order valence-electron chi connectivity index (χ4n) is 2.97. The number of anilines is 2. The molecule has 0 bridgehead atoms. The van der Waals surface area contributed by atoms with Crippen molar-refractivity contribution in [3.63, 3.8) is 0 Å². The highest BCUT2D eigenvalue weighted by atomic mass is 16.5. The molecule has 21 heavy (non-hydrogen) atoms. The number of aromatic nitrogens is 2. The standard InChI is InChI=1S/C15H21N5O/c16-11-14-18-13(17-12-4-2-1-3-5-12)10-15(19-14)20-6-8-21-9-7-20/h10,12H,1-9H2,(H,17,18,19). The third-order valence-corrected chi connectivity index (χ3v) is 4.10. The van der Waals surface area contributed by atoms with Gasteiger partial charge in [0.1, 0.15) is 17.7 Å². The minimum absolute atomic E-state index is 0.234. The van der Waals surface area contributed by atoms with E-state index >= 15 is 0 Å². The zero-order chi connectivity index (χ0) is 14.5. The van der Waals surface area contributed by atoms with E-state index in [-0.39, 0.29) is 5.82 Å². The van der Waals surface area contributed by atoms with Crippen LogP contribution in [0.3, 0.4) is 0 Å². The average molecular weight is 287 g/mol. The SMILES string of the molecule is N#Cc1nc(NC2CCCCC2)cc(N2CCOCC2)n1. The average Bonchev–Trinajstić information content (AvgIpc) is 2.56. The molecule has 1 saturated heterocycles. The van der Waals surface area contributed by atoms with Gasteiger partial charge < -0.3 is 15.0 Å². The van der Waals surface area contributed by atoms with E-state index in [1.165, 1.54) is 32.1 Å². The fourth-order valence-corrected chi connectivity index (χ4v) is 2.97. The Morgan fingerprint density at radius 1 is 1.19 bits per heavy atom. The molecule has 0 spiro atoms. The van der Waals surface area contributed by atoms with Crippen LogP contribution in [0.15, 0.2) is 6.07 Å². The minimum atomic E-state index is 0.234. The molecule has 1 N–H and O–H groups in total. The van der Waals surface area contributed by atoms with Gasteiger partial charge in [-0.25, -0.2) is 9.97 Å². The quantitative estimate of drug-likeness (QED) is 0.915. The summed E-state index contributed by atoms with van der Waals surface area (Å²) in [6, 6.07) is 4.49. The van der Waals surface area contributed by atoms with Crippen molar-refractivity contribution >= 4 is 11.6 Å². The second-order valence-corrected chi connectivity index (χ2v) is 5.63. The van der Waals surface area contributed by atoms with E-state index in [0.717, 1.165) is 24.7 Å². The predicted molar refractivity (Wildman–Crippen MR) is 80.3 cm³/mol. The number of nitriles is 1. The van der Waals surface area contributed by atoms with Crippen LogP contribution in [0.25, 0.3) is 0 Å². The molecule has 0 atom stereocenters. The van der Waals surface area contributed by atoms with Gasteiger partial charge >= 0.3 is 0 Å². The molecule has 2 aliphatic rings. The van der Waals surface area contributed by atoms with Crippen molar-refractivity contribution in [3.8, 4) is 6.07 Å². The molecule has 0 unspecified atom stereocenters. The lowest BCUT2D eigenvalue weighted by Crippen LogP contribution is -2.37. The first-order valence-electron chi connectivity index (χ1n) is 7.73. The Bertz CT molecular complexity index is 515. The van der Waals surface area contributed by atoms with E-state index in [2.05, 4.69) is 26.3 Å². The zero-order valence-electron chi connectivity index (χ0n) is 12.2. The maximum absolute atomic E-state index is 9.14. The molecule has 6 nitrogen and oxygen atoms in total. The van der Waals surface area contributed by atoms with Crippen LogP contribution in [0.2, 0.25) is 0 Å². The highest BCUT2D eigenvalue weighted by molar-refractivity contribution is 5.51. The molecule has 0 aromatic carbocycles. The molecule has 112 valence electrons. The van der Waals surface area contributed by atoms with Crippen molar-refractivity contribution in [1.82, 2.24) is 9.97 Å². The summed E-state index contributed by atoms with van der Waals surface area (Å²) in [7, 11) is 0. The first-order chi connectivity index (χ1) is 10.3. The molecule has 1 aromatic heterocycles. The third kappa shape index (κ3) is 3.61. The van der Waals surface area contributed by atoms with Gasteiger partial charge in [-0.05, 0) is 12.8 Å². The van der Waals surface area contributed by atoms with E-state index in [0.29, 0.717) is 19.3 Å². The van der Waals surface area contributed by atoms with E-state index in [4.69, 9.17) is 10.00 Å². The van der Waals surface area contributed by atoms with Crippen LogP contribution in [-0.4, -0.2) is 42.3 Å². The molecule has 2 fully saturated rings. The van der Waals surface area contributed by atoms with E-state index < -0.39 is 0 Å². The van der Waals surface area contributed by atoms with Crippen LogP contribution >= 0.6 is 0 Å². The van der Waals surface area contributed by atoms with Crippen LogP contribution in [-0.2, 0) is 4.74 Å². The Labute approximate surface area is 125 Å². The molecular formula is C15H21N5O. The van der Waals surface area contributed by atoms with Crippen molar-refractivity contribution in [2.45, 2.75) is 38.1 Å².